The monoisotopic (exact) mass is 298 g/mol. The first-order valence-electron chi connectivity index (χ1n) is 6.73. The molecule has 1 rings (SSSR count). The summed E-state index contributed by atoms with van der Waals surface area (Å²) < 4.78 is 23.0. The molecule has 1 aromatic rings. The number of carbonyl (C=O) groups excluding carboxylic acids is 1. The van der Waals surface area contributed by atoms with Crippen LogP contribution in [0.15, 0.2) is 24.3 Å². The van der Waals surface area contributed by atoms with Crippen LogP contribution >= 0.6 is 0 Å². The van der Waals surface area contributed by atoms with Crippen molar-refractivity contribution in [1.82, 2.24) is 5.32 Å². The molecule has 0 aliphatic carbocycles. The van der Waals surface area contributed by atoms with Crippen molar-refractivity contribution in [2.45, 2.75) is 26.8 Å². The maximum atomic E-state index is 11.6. The summed E-state index contributed by atoms with van der Waals surface area (Å²) >= 11 is 0. The Labute approximate surface area is 120 Å². The highest BCUT2D eigenvalue weighted by molar-refractivity contribution is 7.91. The number of nitrogens with one attached hydrogen (secondary N) is 2. The van der Waals surface area contributed by atoms with Crippen LogP contribution in [0, 0.1) is 0 Å². The number of rotatable bonds is 7. The van der Waals surface area contributed by atoms with Gasteiger partial charge >= 0.3 is 0 Å². The average molecular weight is 298 g/mol. The molecule has 0 saturated heterocycles. The molecule has 112 valence electrons. The van der Waals surface area contributed by atoms with E-state index in [0.717, 1.165) is 5.69 Å². The molecule has 1 atom stereocenters. The van der Waals surface area contributed by atoms with Gasteiger partial charge in [0, 0.05) is 29.6 Å². The number of hydrogen-bond donors (Lipinski definition) is 2. The molecule has 6 heteroatoms. The molecule has 1 unspecified atom stereocenters. The van der Waals surface area contributed by atoms with Gasteiger partial charge in [-0.05, 0) is 38.1 Å². The van der Waals surface area contributed by atoms with E-state index in [1.165, 1.54) is 0 Å². The lowest BCUT2D eigenvalue weighted by Crippen LogP contribution is -2.26. The van der Waals surface area contributed by atoms with Gasteiger partial charge < -0.3 is 10.6 Å². The minimum absolute atomic E-state index is 0.0988. The van der Waals surface area contributed by atoms with Gasteiger partial charge in [-0.15, -0.1) is 0 Å². The average Bonchev–Trinajstić information content (AvgIpc) is 2.39. The maximum Gasteiger partial charge on any atom is 0.251 e. The SMILES string of the molecule is CCNC(=O)c1ccc(NC(C)CS(=O)(=O)CC)cc1. The Bertz CT molecular complexity index is 538. The summed E-state index contributed by atoms with van der Waals surface area (Å²) in [6.07, 6.45) is 0. The molecule has 1 aromatic carbocycles. The molecule has 0 aliphatic rings. The van der Waals surface area contributed by atoms with Crippen LogP contribution in [0.3, 0.4) is 0 Å². The van der Waals surface area contributed by atoms with E-state index in [0.29, 0.717) is 12.1 Å². The van der Waals surface area contributed by atoms with Gasteiger partial charge in [0.2, 0.25) is 0 Å². The van der Waals surface area contributed by atoms with Crippen molar-refractivity contribution in [3.8, 4) is 0 Å². The molecule has 5 nitrogen and oxygen atoms in total. The fraction of sp³-hybridized carbons (Fsp3) is 0.500. The summed E-state index contributed by atoms with van der Waals surface area (Å²) in [5.41, 5.74) is 1.39. The predicted molar refractivity (Wildman–Crippen MR) is 81.9 cm³/mol. The third-order valence-electron chi connectivity index (χ3n) is 2.84. The lowest BCUT2D eigenvalue weighted by atomic mass is 10.2. The Hall–Kier alpha value is -1.56. The van der Waals surface area contributed by atoms with Crippen molar-refractivity contribution in [2.24, 2.45) is 0 Å². The fourth-order valence-electron chi connectivity index (χ4n) is 1.81. The summed E-state index contributed by atoms with van der Waals surface area (Å²) in [6.45, 7) is 5.92. The second-order valence-corrected chi connectivity index (χ2v) is 7.08. The van der Waals surface area contributed by atoms with Gasteiger partial charge in [0.25, 0.3) is 5.91 Å². The van der Waals surface area contributed by atoms with E-state index in [9.17, 15) is 13.2 Å². The van der Waals surface area contributed by atoms with Crippen molar-refractivity contribution in [3.05, 3.63) is 29.8 Å². The van der Waals surface area contributed by atoms with Gasteiger partial charge in [-0.2, -0.15) is 0 Å². The van der Waals surface area contributed by atoms with E-state index in [4.69, 9.17) is 0 Å². The van der Waals surface area contributed by atoms with Crippen molar-refractivity contribution in [1.29, 1.82) is 0 Å². The highest BCUT2D eigenvalue weighted by Crippen LogP contribution is 2.11. The second kappa shape index (κ2) is 7.28. The number of amides is 1. The molecule has 0 aliphatic heterocycles. The molecular weight excluding hydrogens is 276 g/mol. The van der Waals surface area contributed by atoms with Gasteiger partial charge in [-0.25, -0.2) is 8.42 Å². The highest BCUT2D eigenvalue weighted by Gasteiger charge is 2.13. The second-order valence-electron chi connectivity index (χ2n) is 4.68. The highest BCUT2D eigenvalue weighted by atomic mass is 32.2. The smallest absolute Gasteiger partial charge is 0.251 e. The number of sulfone groups is 1. The van der Waals surface area contributed by atoms with Gasteiger partial charge in [-0.3, -0.25) is 4.79 Å². The lowest BCUT2D eigenvalue weighted by molar-refractivity contribution is 0.0956. The topological polar surface area (TPSA) is 75.3 Å². The molecule has 0 heterocycles. The molecule has 2 N–H and O–H groups in total. The number of anilines is 1. The van der Waals surface area contributed by atoms with Crippen LogP contribution in [0.5, 0.6) is 0 Å². The quantitative estimate of drug-likeness (QED) is 0.803. The van der Waals surface area contributed by atoms with Crippen LogP contribution in [0.1, 0.15) is 31.1 Å². The Morgan fingerprint density at radius 3 is 2.30 bits per heavy atom. The molecule has 0 spiro atoms. The third-order valence-corrected chi connectivity index (χ3v) is 4.73. The summed E-state index contributed by atoms with van der Waals surface area (Å²) in [5, 5.41) is 5.84. The zero-order valence-corrected chi connectivity index (χ0v) is 13.0. The van der Waals surface area contributed by atoms with E-state index < -0.39 is 9.84 Å². The van der Waals surface area contributed by atoms with E-state index >= 15 is 0 Å². The fourth-order valence-corrected chi connectivity index (χ4v) is 2.89. The minimum Gasteiger partial charge on any atom is -0.382 e. The lowest BCUT2D eigenvalue weighted by Gasteiger charge is -2.15. The molecule has 20 heavy (non-hydrogen) atoms. The third kappa shape index (κ3) is 5.21. The zero-order valence-electron chi connectivity index (χ0n) is 12.1. The minimum atomic E-state index is -2.99. The van der Waals surface area contributed by atoms with Crippen LogP contribution in [-0.2, 0) is 9.84 Å². The van der Waals surface area contributed by atoms with Gasteiger partial charge in [0.1, 0.15) is 0 Å². The van der Waals surface area contributed by atoms with E-state index in [1.807, 2.05) is 13.8 Å². The van der Waals surface area contributed by atoms with Crippen molar-refractivity contribution < 1.29 is 13.2 Å². The number of carbonyl (C=O) groups is 1. The zero-order chi connectivity index (χ0) is 15.2. The molecule has 0 bridgehead atoms. The standard InChI is InChI=1S/C14H22N2O3S/c1-4-15-14(17)12-6-8-13(9-7-12)16-11(3)10-20(18,19)5-2/h6-9,11,16H,4-5,10H2,1-3H3,(H,15,17). The maximum absolute atomic E-state index is 11.6. The van der Waals surface area contributed by atoms with Crippen LogP contribution in [-0.4, -0.2) is 38.4 Å². The van der Waals surface area contributed by atoms with Crippen molar-refractivity contribution in [2.75, 3.05) is 23.4 Å². The molecule has 0 aromatic heterocycles. The Morgan fingerprint density at radius 2 is 1.80 bits per heavy atom. The molecular formula is C14H22N2O3S. The van der Waals surface area contributed by atoms with E-state index in [-0.39, 0.29) is 23.5 Å². The van der Waals surface area contributed by atoms with Gasteiger partial charge in [0.15, 0.2) is 9.84 Å². The first-order chi connectivity index (χ1) is 9.38. The van der Waals surface area contributed by atoms with Crippen LogP contribution < -0.4 is 10.6 Å². The Morgan fingerprint density at radius 1 is 1.20 bits per heavy atom. The summed E-state index contributed by atoms with van der Waals surface area (Å²) in [7, 11) is -2.99. The van der Waals surface area contributed by atoms with Crippen LogP contribution in [0.25, 0.3) is 0 Å². The molecule has 0 saturated carbocycles. The van der Waals surface area contributed by atoms with Gasteiger partial charge in [0.05, 0.1) is 5.75 Å². The van der Waals surface area contributed by atoms with Crippen molar-refractivity contribution in [3.63, 3.8) is 0 Å². The van der Waals surface area contributed by atoms with Gasteiger partial charge in [-0.1, -0.05) is 6.92 Å². The normalized spacial score (nSPS) is 12.8. The largest absolute Gasteiger partial charge is 0.382 e. The van der Waals surface area contributed by atoms with Crippen LogP contribution in [0.2, 0.25) is 0 Å². The molecule has 0 radical (unpaired) electrons. The Balaban J connectivity index is 2.64. The Kier molecular flexibility index (Phi) is 6.01. The van der Waals surface area contributed by atoms with E-state index in [2.05, 4.69) is 10.6 Å². The number of hydrogen-bond acceptors (Lipinski definition) is 4. The van der Waals surface area contributed by atoms with E-state index in [1.54, 1.807) is 31.2 Å². The van der Waals surface area contributed by atoms with Crippen molar-refractivity contribution >= 4 is 21.4 Å². The first-order valence-corrected chi connectivity index (χ1v) is 8.55. The summed E-state index contributed by atoms with van der Waals surface area (Å²) in [6, 6.07) is 6.82. The summed E-state index contributed by atoms with van der Waals surface area (Å²) in [5.74, 6) is 0.136. The predicted octanol–water partition coefficient (Wildman–Crippen LogP) is 1.67. The first kappa shape index (κ1) is 16.5. The molecule has 1 amide bonds. The molecule has 0 fully saturated rings. The summed E-state index contributed by atoms with van der Waals surface area (Å²) in [4.78, 5) is 11.6. The number of benzene rings is 1. The van der Waals surface area contributed by atoms with Crippen LogP contribution in [0.4, 0.5) is 5.69 Å².